The molecule has 222 valence electrons. The first-order valence-electron chi connectivity index (χ1n) is 13.0. The third kappa shape index (κ3) is 13.8. The van der Waals surface area contributed by atoms with Gasteiger partial charge in [-0.25, -0.2) is 9.59 Å². The minimum Gasteiger partial charge on any atom is -0.482 e. The molecule has 12 nitrogen and oxygen atoms in total. The van der Waals surface area contributed by atoms with Crippen LogP contribution in [0.25, 0.3) is 0 Å². The normalized spacial score (nSPS) is 10.2. The maximum absolute atomic E-state index is 11.3. The molecule has 0 saturated carbocycles. The van der Waals surface area contributed by atoms with E-state index >= 15 is 0 Å². The molecule has 0 spiro atoms. The highest BCUT2D eigenvalue weighted by Crippen LogP contribution is 2.26. The number of ether oxygens (including phenoxy) is 6. The number of aryl methyl sites for hydroxylation is 2. The van der Waals surface area contributed by atoms with Gasteiger partial charge in [-0.3, -0.25) is 10.1 Å². The molecule has 40 heavy (non-hydrogen) atoms. The van der Waals surface area contributed by atoms with Crippen LogP contribution in [0.3, 0.4) is 0 Å². The molecular weight excluding hydrogens is 524 g/mol. The molecule has 0 aliphatic carbocycles. The van der Waals surface area contributed by atoms with E-state index < -0.39 is 10.9 Å². The molecule has 0 amide bonds. The number of rotatable bonds is 17. The van der Waals surface area contributed by atoms with Gasteiger partial charge in [0, 0.05) is 50.8 Å². The van der Waals surface area contributed by atoms with Crippen molar-refractivity contribution in [2.75, 3.05) is 59.6 Å². The maximum atomic E-state index is 11.3. The Balaban J connectivity index is 0.000000402. The Morgan fingerprint density at radius 1 is 0.800 bits per heavy atom. The summed E-state index contributed by atoms with van der Waals surface area (Å²) in [6, 6.07) is 9.68. The molecule has 2 rings (SSSR count). The smallest absolute Gasteiger partial charge is 0.344 e. The van der Waals surface area contributed by atoms with E-state index in [4.69, 9.17) is 34.2 Å². The number of carbonyl (C=O) groups is 2. The number of benzene rings is 2. The molecule has 0 aliphatic rings. The summed E-state index contributed by atoms with van der Waals surface area (Å²) < 4.78 is 30.4. The van der Waals surface area contributed by atoms with Crippen molar-refractivity contribution in [1.29, 1.82) is 0 Å². The van der Waals surface area contributed by atoms with E-state index in [0.29, 0.717) is 55.4 Å². The predicted molar refractivity (Wildman–Crippen MR) is 149 cm³/mol. The highest BCUT2D eigenvalue weighted by molar-refractivity contribution is 5.71. The van der Waals surface area contributed by atoms with Crippen molar-refractivity contribution in [2.45, 2.75) is 39.5 Å². The van der Waals surface area contributed by atoms with Crippen LogP contribution in [0.15, 0.2) is 36.4 Å². The quantitative estimate of drug-likeness (QED) is 0.0976. The lowest BCUT2D eigenvalue weighted by Gasteiger charge is -2.11. The monoisotopic (exact) mass is 564 g/mol. The number of nitrogen functional groups attached to an aromatic ring is 1. The number of nitro groups is 1. The zero-order valence-electron chi connectivity index (χ0n) is 23.6. The van der Waals surface area contributed by atoms with E-state index in [1.165, 1.54) is 18.2 Å². The van der Waals surface area contributed by atoms with Gasteiger partial charge in [0.15, 0.2) is 13.2 Å². The summed E-state index contributed by atoms with van der Waals surface area (Å²) in [7, 11) is 3.25. The van der Waals surface area contributed by atoms with E-state index in [-0.39, 0.29) is 31.5 Å². The third-order valence-electron chi connectivity index (χ3n) is 5.23. The van der Waals surface area contributed by atoms with Crippen LogP contribution in [-0.2, 0) is 41.4 Å². The Labute approximate surface area is 234 Å². The molecular formula is C28H40N2O10. The Bertz CT molecular complexity index is 1060. The van der Waals surface area contributed by atoms with Crippen molar-refractivity contribution in [3.8, 4) is 11.5 Å². The third-order valence-corrected chi connectivity index (χ3v) is 5.23. The molecule has 0 fully saturated rings. The Morgan fingerprint density at radius 2 is 1.27 bits per heavy atom. The minimum atomic E-state index is -0.473. The molecule has 0 bridgehead atoms. The number of hydrogen-bond donors (Lipinski definition) is 1. The number of nitrogens with two attached hydrogens (primary N) is 1. The van der Waals surface area contributed by atoms with Crippen LogP contribution in [0.5, 0.6) is 11.5 Å². The molecule has 2 N–H and O–H groups in total. The SMILES string of the molecule is CCOC(=O)COc1ccc(N)cc1CCCOC.CCOC(=O)COc1ccc([N+](=O)[O-])cc1CCCOC. The second kappa shape index (κ2) is 20.1. The van der Waals surface area contributed by atoms with Gasteiger partial charge in [0.1, 0.15) is 11.5 Å². The number of carbonyl (C=O) groups excluding carboxylic acids is 2. The standard InChI is InChI=1S/C14H19NO6.C14H21NO4/c1-3-20-14(16)10-21-13-7-6-12(15(17)18)9-11(13)5-4-8-19-2;1-3-18-14(16)10-19-13-7-6-12(15)9-11(13)5-4-8-17-2/h6-7,9H,3-5,8,10H2,1-2H3;6-7,9H,3-5,8,10,15H2,1-2H3. The Kier molecular flexibility index (Phi) is 17.1. The molecule has 12 heteroatoms. The molecule has 0 aromatic heterocycles. The zero-order chi connectivity index (χ0) is 29.8. The number of non-ortho nitro benzene ring substituents is 1. The molecule has 0 unspecified atom stereocenters. The van der Waals surface area contributed by atoms with Crippen LogP contribution in [-0.4, -0.2) is 70.7 Å². The topological polar surface area (TPSA) is 159 Å². The average molecular weight is 565 g/mol. The number of esters is 2. The van der Waals surface area contributed by atoms with Gasteiger partial charge in [-0.2, -0.15) is 0 Å². The molecule has 0 radical (unpaired) electrons. The van der Waals surface area contributed by atoms with Crippen LogP contribution in [0.4, 0.5) is 11.4 Å². The second-order valence-electron chi connectivity index (χ2n) is 8.30. The molecule has 2 aromatic rings. The van der Waals surface area contributed by atoms with Gasteiger partial charge < -0.3 is 34.2 Å². The molecule has 0 heterocycles. The fraction of sp³-hybridized carbons (Fsp3) is 0.500. The first-order valence-corrected chi connectivity index (χ1v) is 13.0. The van der Waals surface area contributed by atoms with Gasteiger partial charge in [0.2, 0.25) is 0 Å². The van der Waals surface area contributed by atoms with Crippen LogP contribution >= 0.6 is 0 Å². The van der Waals surface area contributed by atoms with E-state index in [9.17, 15) is 19.7 Å². The number of hydrogen-bond acceptors (Lipinski definition) is 11. The van der Waals surface area contributed by atoms with Crippen molar-refractivity contribution in [2.24, 2.45) is 0 Å². The number of nitrogens with zero attached hydrogens (tertiary/aromatic N) is 1. The summed E-state index contributed by atoms with van der Waals surface area (Å²) in [5.41, 5.74) is 8.07. The lowest BCUT2D eigenvalue weighted by atomic mass is 10.1. The first kappa shape index (κ1) is 34.1. The highest BCUT2D eigenvalue weighted by Gasteiger charge is 2.13. The summed E-state index contributed by atoms with van der Waals surface area (Å²) in [6.45, 7) is 5.01. The van der Waals surface area contributed by atoms with Gasteiger partial charge in [0.25, 0.3) is 5.69 Å². The van der Waals surface area contributed by atoms with E-state index in [1.54, 1.807) is 40.2 Å². The number of methoxy groups -OCH3 is 2. The highest BCUT2D eigenvalue weighted by atomic mass is 16.6. The van der Waals surface area contributed by atoms with E-state index in [0.717, 1.165) is 18.4 Å². The summed E-state index contributed by atoms with van der Waals surface area (Å²) in [5.74, 6) is 0.268. The minimum absolute atomic E-state index is 0.00842. The molecule has 0 atom stereocenters. The maximum Gasteiger partial charge on any atom is 0.344 e. The average Bonchev–Trinajstić information content (AvgIpc) is 2.92. The zero-order valence-corrected chi connectivity index (χ0v) is 23.6. The lowest BCUT2D eigenvalue weighted by molar-refractivity contribution is -0.384. The van der Waals surface area contributed by atoms with E-state index in [2.05, 4.69) is 0 Å². The summed E-state index contributed by atoms with van der Waals surface area (Å²) >= 11 is 0. The van der Waals surface area contributed by atoms with Gasteiger partial charge in [-0.05, 0) is 69.4 Å². The van der Waals surface area contributed by atoms with Crippen molar-refractivity contribution in [3.05, 3.63) is 57.6 Å². The second-order valence-corrected chi connectivity index (χ2v) is 8.30. The molecule has 2 aromatic carbocycles. The van der Waals surface area contributed by atoms with Crippen molar-refractivity contribution >= 4 is 23.3 Å². The van der Waals surface area contributed by atoms with Crippen molar-refractivity contribution < 1.29 is 42.9 Å². The largest absolute Gasteiger partial charge is 0.482 e. The van der Waals surface area contributed by atoms with Crippen LogP contribution in [0.1, 0.15) is 37.8 Å². The van der Waals surface area contributed by atoms with Crippen molar-refractivity contribution in [3.63, 3.8) is 0 Å². The van der Waals surface area contributed by atoms with Crippen LogP contribution < -0.4 is 15.2 Å². The van der Waals surface area contributed by atoms with Gasteiger partial charge >= 0.3 is 11.9 Å². The summed E-state index contributed by atoms with van der Waals surface area (Å²) in [4.78, 5) is 32.9. The Hall–Kier alpha value is -3.90. The van der Waals surface area contributed by atoms with Crippen LogP contribution in [0.2, 0.25) is 0 Å². The van der Waals surface area contributed by atoms with Gasteiger partial charge in [-0.15, -0.1) is 0 Å². The molecule has 0 saturated heterocycles. The number of nitro benzene ring substituents is 1. The first-order chi connectivity index (χ1) is 19.2. The van der Waals surface area contributed by atoms with Gasteiger partial charge in [0.05, 0.1) is 18.1 Å². The number of anilines is 1. The fourth-order valence-corrected chi connectivity index (χ4v) is 3.44. The van der Waals surface area contributed by atoms with Crippen molar-refractivity contribution in [1.82, 2.24) is 0 Å². The Morgan fingerprint density at radius 3 is 1.73 bits per heavy atom. The summed E-state index contributed by atoms with van der Waals surface area (Å²) in [6.07, 6.45) is 2.92. The van der Waals surface area contributed by atoms with Crippen LogP contribution in [0, 0.1) is 10.1 Å². The van der Waals surface area contributed by atoms with E-state index in [1.807, 2.05) is 6.07 Å². The molecule has 0 aliphatic heterocycles. The lowest BCUT2D eigenvalue weighted by Crippen LogP contribution is -2.15. The predicted octanol–water partition coefficient (Wildman–Crippen LogP) is 3.91. The van der Waals surface area contributed by atoms with Gasteiger partial charge in [-0.1, -0.05) is 0 Å². The fourth-order valence-electron chi connectivity index (χ4n) is 3.44. The summed E-state index contributed by atoms with van der Waals surface area (Å²) in [5, 5.41) is 10.8.